The van der Waals surface area contributed by atoms with Gasteiger partial charge in [0.05, 0.1) is 18.9 Å². The minimum Gasteiger partial charge on any atom is -0.378 e. The molecule has 1 aromatic heterocycles. The lowest BCUT2D eigenvalue weighted by molar-refractivity contribution is -0.135. The van der Waals surface area contributed by atoms with E-state index in [-0.39, 0.29) is 11.9 Å². The zero-order valence-electron chi connectivity index (χ0n) is 10.7. The number of hydrogen-bond donors (Lipinski definition) is 2. The Labute approximate surface area is 107 Å². The minimum absolute atomic E-state index is 0.185. The molecule has 0 spiro atoms. The third-order valence-electron chi connectivity index (χ3n) is 3.14. The molecule has 1 atom stereocenters. The van der Waals surface area contributed by atoms with Crippen molar-refractivity contribution in [1.82, 2.24) is 20.4 Å². The molecule has 0 radical (unpaired) electrons. The van der Waals surface area contributed by atoms with E-state index in [1.165, 1.54) is 0 Å². The topological polar surface area (TPSA) is 70.2 Å². The summed E-state index contributed by atoms with van der Waals surface area (Å²) in [4.78, 5) is 13.7. The summed E-state index contributed by atoms with van der Waals surface area (Å²) in [6.45, 7) is 5.47. The van der Waals surface area contributed by atoms with Gasteiger partial charge in [-0.2, -0.15) is 5.10 Å². The molecule has 1 amide bonds. The number of amides is 1. The van der Waals surface area contributed by atoms with Crippen molar-refractivity contribution in [2.75, 3.05) is 32.8 Å². The molecule has 1 aromatic rings. The van der Waals surface area contributed by atoms with Crippen LogP contribution in [-0.2, 0) is 9.53 Å². The fourth-order valence-corrected chi connectivity index (χ4v) is 1.98. The number of hydrogen-bond acceptors (Lipinski definition) is 4. The lowest BCUT2D eigenvalue weighted by Crippen LogP contribution is -2.41. The Morgan fingerprint density at radius 2 is 2.39 bits per heavy atom. The van der Waals surface area contributed by atoms with Crippen molar-refractivity contribution in [2.24, 2.45) is 0 Å². The average Bonchev–Trinajstić information content (AvgIpc) is 2.93. The first-order valence-corrected chi connectivity index (χ1v) is 6.35. The van der Waals surface area contributed by atoms with E-state index in [1.54, 1.807) is 6.20 Å². The van der Waals surface area contributed by atoms with E-state index in [0.717, 1.165) is 18.8 Å². The molecule has 6 nitrogen and oxygen atoms in total. The van der Waals surface area contributed by atoms with Crippen molar-refractivity contribution in [3.8, 4) is 0 Å². The van der Waals surface area contributed by atoms with Gasteiger partial charge in [0.1, 0.15) is 0 Å². The lowest BCUT2D eigenvalue weighted by atomic mass is 10.2. The summed E-state index contributed by atoms with van der Waals surface area (Å²) >= 11 is 0. The predicted molar refractivity (Wildman–Crippen MR) is 67.0 cm³/mol. The first-order valence-electron chi connectivity index (χ1n) is 6.35. The standard InChI is InChI=1S/C12H20N4O2/c1-10(11-2-5-14-15-11)13-4-3-12(17)16-6-8-18-9-7-16/h2,5,10,13H,3-4,6-9H2,1H3,(H,14,15). The molecular formula is C12H20N4O2. The van der Waals surface area contributed by atoms with Crippen LogP contribution in [0, 0.1) is 0 Å². The van der Waals surface area contributed by atoms with E-state index in [4.69, 9.17) is 4.74 Å². The summed E-state index contributed by atoms with van der Waals surface area (Å²) < 4.78 is 5.22. The number of H-pyrrole nitrogens is 1. The zero-order chi connectivity index (χ0) is 12.8. The smallest absolute Gasteiger partial charge is 0.224 e. The Hall–Kier alpha value is -1.40. The van der Waals surface area contributed by atoms with Gasteiger partial charge in [0.2, 0.25) is 5.91 Å². The van der Waals surface area contributed by atoms with Crippen LogP contribution in [0.1, 0.15) is 25.1 Å². The molecule has 1 aliphatic rings. The maximum absolute atomic E-state index is 11.9. The molecule has 0 aromatic carbocycles. The van der Waals surface area contributed by atoms with E-state index < -0.39 is 0 Å². The lowest BCUT2D eigenvalue weighted by Gasteiger charge is -2.27. The monoisotopic (exact) mass is 252 g/mol. The normalized spacial score (nSPS) is 17.7. The first-order chi connectivity index (χ1) is 8.77. The van der Waals surface area contributed by atoms with Crippen LogP contribution < -0.4 is 5.32 Å². The molecule has 18 heavy (non-hydrogen) atoms. The largest absolute Gasteiger partial charge is 0.378 e. The molecule has 1 unspecified atom stereocenters. The van der Waals surface area contributed by atoms with Gasteiger partial charge in [-0.1, -0.05) is 0 Å². The third kappa shape index (κ3) is 3.54. The fourth-order valence-electron chi connectivity index (χ4n) is 1.98. The molecule has 1 fully saturated rings. The Morgan fingerprint density at radius 3 is 3.06 bits per heavy atom. The van der Waals surface area contributed by atoms with Gasteiger partial charge >= 0.3 is 0 Å². The molecule has 100 valence electrons. The van der Waals surface area contributed by atoms with Crippen LogP contribution in [-0.4, -0.2) is 53.9 Å². The number of nitrogens with zero attached hydrogens (tertiary/aromatic N) is 2. The van der Waals surface area contributed by atoms with Gasteiger partial charge in [-0.3, -0.25) is 9.89 Å². The van der Waals surface area contributed by atoms with Crippen LogP contribution in [0.2, 0.25) is 0 Å². The Morgan fingerprint density at radius 1 is 1.61 bits per heavy atom. The first kappa shape index (κ1) is 13.0. The van der Waals surface area contributed by atoms with Crippen LogP contribution >= 0.6 is 0 Å². The van der Waals surface area contributed by atoms with Crippen LogP contribution in [0.5, 0.6) is 0 Å². The van der Waals surface area contributed by atoms with Crippen LogP contribution in [0.4, 0.5) is 0 Å². The van der Waals surface area contributed by atoms with Crippen molar-refractivity contribution in [1.29, 1.82) is 0 Å². The average molecular weight is 252 g/mol. The van der Waals surface area contributed by atoms with E-state index in [9.17, 15) is 4.79 Å². The van der Waals surface area contributed by atoms with Gasteiger partial charge in [-0.25, -0.2) is 0 Å². The molecule has 1 aliphatic heterocycles. The summed E-state index contributed by atoms with van der Waals surface area (Å²) in [5.74, 6) is 0.197. The maximum Gasteiger partial charge on any atom is 0.224 e. The van der Waals surface area contributed by atoms with Crippen LogP contribution in [0.3, 0.4) is 0 Å². The molecule has 0 saturated carbocycles. The highest BCUT2D eigenvalue weighted by molar-refractivity contribution is 5.76. The second-order valence-electron chi connectivity index (χ2n) is 4.43. The summed E-state index contributed by atoms with van der Waals surface area (Å²) in [6.07, 6.45) is 2.25. The second-order valence-corrected chi connectivity index (χ2v) is 4.43. The Kier molecular flexibility index (Phi) is 4.72. The number of nitrogens with one attached hydrogen (secondary N) is 2. The van der Waals surface area contributed by atoms with Crippen molar-refractivity contribution >= 4 is 5.91 Å². The molecule has 2 heterocycles. The summed E-state index contributed by atoms with van der Waals surface area (Å²) in [7, 11) is 0. The highest BCUT2D eigenvalue weighted by Gasteiger charge is 2.16. The number of aromatic nitrogens is 2. The van der Waals surface area contributed by atoms with Gasteiger partial charge in [0.25, 0.3) is 0 Å². The summed E-state index contributed by atoms with van der Waals surface area (Å²) in [5, 5.41) is 10.1. The summed E-state index contributed by atoms with van der Waals surface area (Å²) in [5.41, 5.74) is 1.04. The van der Waals surface area contributed by atoms with E-state index in [0.29, 0.717) is 26.2 Å². The SMILES string of the molecule is CC(NCCC(=O)N1CCOCC1)c1ccn[nH]1. The van der Waals surface area contributed by atoms with Crippen molar-refractivity contribution in [2.45, 2.75) is 19.4 Å². The van der Waals surface area contributed by atoms with Gasteiger partial charge in [0, 0.05) is 38.3 Å². The van der Waals surface area contributed by atoms with E-state index in [2.05, 4.69) is 15.5 Å². The molecule has 0 bridgehead atoms. The Balaban J connectivity index is 1.67. The van der Waals surface area contributed by atoms with Gasteiger partial charge in [-0.05, 0) is 13.0 Å². The summed E-state index contributed by atoms with van der Waals surface area (Å²) in [6, 6.07) is 2.12. The maximum atomic E-state index is 11.9. The van der Waals surface area contributed by atoms with Crippen LogP contribution in [0.25, 0.3) is 0 Å². The molecule has 2 N–H and O–H groups in total. The number of rotatable bonds is 5. The fraction of sp³-hybridized carbons (Fsp3) is 0.667. The van der Waals surface area contributed by atoms with Crippen molar-refractivity contribution < 1.29 is 9.53 Å². The third-order valence-corrected chi connectivity index (χ3v) is 3.14. The molecule has 0 aliphatic carbocycles. The zero-order valence-corrected chi connectivity index (χ0v) is 10.7. The quantitative estimate of drug-likeness (QED) is 0.791. The van der Waals surface area contributed by atoms with Crippen molar-refractivity contribution in [3.05, 3.63) is 18.0 Å². The molecule has 2 rings (SSSR count). The molecule has 6 heteroatoms. The van der Waals surface area contributed by atoms with Gasteiger partial charge in [0.15, 0.2) is 0 Å². The van der Waals surface area contributed by atoms with Crippen molar-refractivity contribution in [3.63, 3.8) is 0 Å². The van der Waals surface area contributed by atoms with Gasteiger partial charge in [-0.15, -0.1) is 0 Å². The number of morpholine rings is 1. The van der Waals surface area contributed by atoms with E-state index in [1.807, 2.05) is 17.9 Å². The predicted octanol–water partition coefficient (Wildman–Crippen LogP) is 0.309. The minimum atomic E-state index is 0.185. The van der Waals surface area contributed by atoms with E-state index >= 15 is 0 Å². The number of aromatic amines is 1. The highest BCUT2D eigenvalue weighted by Crippen LogP contribution is 2.07. The number of ether oxygens (including phenoxy) is 1. The molecule has 1 saturated heterocycles. The van der Waals surface area contributed by atoms with Gasteiger partial charge < -0.3 is 15.0 Å². The Bertz CT molecular complexity index is 360. The number of carbonyl (C=O) groups excluding carboxylic acids is 1. The van der Waals surface area contributed by atoms with Crippen LogP contribution in [0.15, 0.2) is 12.3 Å². The molecular weight excluding hydrogens is 232 g/mol. The highest BCUT2D eigenvalue weighted by atomic mass is 16.5. The number of carbonyl (C=O) groups is 1. The second kappa shape index (κ2) is 6.51.